The first-order chi connectivity index (χ1) is 11.1. The maximum Gasteiger partial charge on any atom is 0.249 e. The van der Waals surface area contributed by atoms with Crippen molar-refractivity contribution in [3.8, 4) is 0 Å². The molecule has 1 heterocycles. The van der Waals surface area contributed by atoms with Crippen molar-refractivity contribution in [3.05, 3.63) is 63.7 Å². The lowest BCUT2D eigenvalue weighted by molar-refractivity contribution is 0.982. The van der Waals surface area contributed by atoms with Crippen molar-refractivity contribution in [1.29, 1.82) is 0 Å². The molecule has 1 aromatic heterocycles. The number of nitrogens with one attached hydrogen (secondary N) is 2. The van der Waals surface area contributed by atoms with Crippen molar-refractivity contribution < 1.29 is 0 Å². The van der Waals surface area contributed by atoms with E-state index in [0.717, 1.165) is 15.8 Å². The molecule has 0 saturated carbocycles. The van der Waals surface area contributed by atoms with Gasteiger partial charge in [0.25, 0.3) is 0 Å². The van der Waals surface area contributed by atoms with Crippen LogP contribution in [0.2, 0.25) is 5.02 Å². The van der Waals surface area contributed by atoms with E-state index >= 15 is 0 Å². The second-order valence-electron chi connectivity index (χ2n) is 4.88. The lowest BCUT2D eigenvalue weighted by atomic mass is 10.2. The van der Waals surface area contributed by atoms with Gasteiger partial charge in [0.1, 0.15) is 0 Å². The molecule has 3 aromatic rings. The van der Waals surface area contributed by atoms with Crippen LogP contribution in [0.1, 0.15) is 5.56 Å². The Bertz CT molecular complexity index is 840. The third kappa shape index (κ3) is 3.97. The first kappa shape index (κ1) is 15.7. The molecule has 0 amide bonds. The van der Waals surface area contributed by atoms with Gasteiger partial charge in [-0.25, -0.2) is 0 Å². The van der Waals surface area contributed by atoms with Crippen LogP contribution in [-0.2, 0) is 0 Å². The van der Waals surface area contributed by atoms with Gasteiger partial charge in [-0.1, -0.05) is 29.8 Å². The normalized spacial score (nSPS) is 10.4. The topological polar surface area (TPSA) is 62.7 Å². The fourth-order valence-electron chi connectivity index (χ4n) is 1.96. The van der Waals surface area contributed by atoms with Crippen molar-refractivity contribution in [3.63, 3.8) is 0 Å². The van der Waals surface area contributed by atoms with E-state index in [-0.39, 0.29) is 0 Å². The van der Waals surface area contributed by atoms with Gasteiger partial charge in [-0.3, -0.25) is 0 Å². The van der Waals surface area contributed by atoms with E-state index in [1.165, 1.54) is 5.56 Å². The monoisotopic (exact) mass is 389 g/mol. The van der Waals surface area contributed by atoms with E-state index in [1.54, 1.807) is 12.3 Å². The summed E-state index contributed by atoms with van der Waals surface area (Å²) in [7, 11) is 0. The maximum atomic E-state index is 6.12. The molecule has 0 aliphatic heterocycles. The zero-order chi connectivity index (χ0) is 16.2. The van der Waals surface area contributed by atoms with Gasteiger partial charge >= 0.3 is 0 Å². The molecule has 0 spiro atoms. The number of para-hydroxylation sites is 1. The average Bonchev–Trinajstić information content (AvgIpc) is 2.53. The van der Waals surface area contributed by atoms with E-state index in [1.807, 2.05) is 43.3 Å². The lowest BCUT2D eigenvalue weighted by Gasteiger charge is -2.10. The van der Waals surface area contributed by atoms with E-state index in [2.05, 4.69) is 41.7 Å². The molecule has 0 fully saturated rings. The fraction of sp³-hybridized carbons (Fsp3) is 0.0625. The van der Waals surface area contributed by atoms with Gasteiger partial charge in [-0.2, -0.15) is 10.1 Å². The first-order valence-electron chi connectivity index (χ1n) is 6.86. The van der Waals surface area contributed by atoms with Crippen LogP contribution in [0.3, 0.4) is 0 Å². The molecule has 3 rings (SSSR count). The Morgan fingerprint density at radius 1 is 1.04 bits per heavy atom. The van der Waals surface area contributed by atoms with Crippen LogP contribution >= 0.6 is 27.5 Å². The van der Waals surface area contributed by atoms with Gasteiger partial charge < -0.3 is 10.6 Å². The minimum Gasteiger partial charge on any atom is -0.338 e. The summed E-state index contributed by atoms with van der Waals surface area (Å²) in [6.07, 6.45) is 1.56. The zero-order valence-corrected chi connectivity index (χ0v) is 14.6. The fourth-order valence-corrected chi connectivity index (χ4v) is 2.73. The van der Waals surface area contributed by atoms with Crippen LogP contribution in [-0.4, -0.2) is 15.2 Å². The summed E-state index contributed by atoms with van der Waals surface area (Å²) in [6.45, 7) is 2.03. The Balaban J connectivity index is 1.81. The number of anilines is 4. The number of hydrogen-bond donors (Lipinski definition) is 2. The van der Waals surface area contributed by atoms with Crippen LogP contribution < -0.4 is 10.6 Å². The van der Waals surface area contributed by atoms with Gasteiger partial charge in [-0.05, 0) is 52.7 Å². The average molecular weight is 391 g/mol. The van der Waals surface area contributed by atoms with Crippen LogP contribution in [0.15, 0.2) is 53.1 Å². The number of halogens is 2. The van der Waals surface area contributed by atoms with Crippen LogP contribution in [0.4, 0.5) is 23.1 Å². The molecule has 23 heavy (non-hydrogen) atoms. The predicted octanol–water partition coefficient (Wildman–Crippen LogP) is 5.08. The molecular weight excluding hydrogens is 378 g/mol. The van der Waals surface area contributed by atoms with E-state index in [0.29, 0.717) is 16.8 Å². The molecule has 0 bridgehead atoms. The van der Waals surface area contributed by atoms with E-state index in [9.17, 15) is 0 Å². The molecule has 116 valence electrons. The Morgan fingerprint density at radius 3 is 2.65 bits per heavy atom. The molecule has 0 aliphatic rings. The first-order valence-corrected chi connectivity index (χ1v) is 8.03. The van der Waals surface area contributed by atoms with Crippen molar-refractivity contribution in [2.24, 2.45) is 0 Å². The highest BCUT2D eigenvalue weighted by molar-refractivity contribution is 9.10. The number of nitrogens with zero attached hydrogens (tertiary/aromatic N) is 3. The van der Waals surface area contributed by atoms with Crippen LogP contribution in [0.25, 0.3) is 0 Å². The van der Waals surface area contributed by atoms with Crippen molar-refractivity contribution in [1.82, 2.24) is 15.2 Å². The molecule has 0 unspecified atom stereocenters. The Morgan fingerprint density at radius 2 is 1.87 bits per heavy atom. The minimum atomic E-state index is 0.367. The minimum absolute atomic E-state index is 0.367. The number of aryl methyl sites for hydroxylation is 1. The summed E-state index contributed by atoms with van der Waals surface area (Å²) in [4.78, 5) is 4.39. The summed E-state index contributed by atoms with van der Waals surface area (Å²) >= 11 is 9.65. The summed E-state index contributed by atoms with van der Waals surface area (Å²) < 4.78 is 0.955. The maximum absolute atomic E-state index is 6.12. The highest BCUT2D eigenvalue weighted by Crippen LogP contribution is 2.27. The zero-order valence-electron chi connectivity index (χ0n) is 12.2. The van der Waals surface area contributed by atoms with Crippen molar-refractivity contribution in [2.75, 3.05) is 10.6 Å². The second-order valence-corrected chi connectivity index (χ2v) is 6.14. The Kier molecular flexibility index (Phi) is 4.73. The number of hydrogen-bond acceptors (Lipinski definition) is 5. The molecule has 2 aromatic carbocycles. The molecule has 0 radical (unpaired) electrons. The number of benzene rings is 2. The molecule has 5 nitrogen and oxygen atoms in total. The standard InChI is InChI=1S/C16H13BrClN5/c1-10-6-7-13(11(17)8-10)20-15-9-19-23-16(22-15)21-14-5-3-2-4-12(14)18/h2-9H,1H3,(H2,20,21,22,23). The molecule has 0 saturated heterocycles. The molecular formula is C16H13BrClN5. The number of rotatable bonds is 4. The summed E-state index contributed by atoms with van der Waals surface area (Å²) in [5.74, 6) is 0.949. The summed E-state index contributed by atoms with van der Waals surface area (Å²) in [6, 6.07) is 13.4. The van der Waals surface area contributed by atoms with Gasteiger partial charge in [0.15, 0.2) is 5.82 Å². The van der Waals surface area contributed by atoms with Crippen LogP contribution in [0.5, 0.6) is 0 Å². The van der Waals surface area contributed by atoms with Crippen molar-refractivity contribution in [2.45, 2.75) is 6.92 Å². The predicted molar refractivity (Wildman–Crippen MR) is 96.7 cm³/mol. The van der Waals surface area contributed by atoms with Crippen molar-refractivity contribution >= 4 is 50.7 Å². The smallest absolute Gasteiger partial charge is 0.249 e. The van der Waals surface area contributed by atoms with Crippen LogP contribution in [0, 0.1) is 6.92 Å². The SMILES string of the molecule is Cc1ccc(Nc2cnnc(Nc3ccccc3Cl)n2)c(Br)c1. The molecule has 0 atom stereocenters. The lowest BCUT2D eigenvalue weighted by Crippen LogP contribution is -2.03. The van der Waals surface area contributed by atoms with Gasteiger partial charge in [-0.15, -0.1) is 5.10 Å². The van der Waals surface area contributed by atoms with Gasteiger partial charge in [0.05, 0.1) is 22.6 Å². The van der Waals surface area contributed by atoms with Gasteiger partial charge in [0.2, 0.25) is 5.95 Å². The Hall–Kier alpha value is -2.18. The van der Waals surface area contributed by atoms with E-state index in [4.69, 9.17) is 11.6 Å². The Labute approximate surface area is 147 Å². The largest absolute Gasteiger partial charge is 0.338 e. The van der Waals surface area contributed by atoms with E-state index < -0.39 is 0 Å². The number of aromatic nitrogens is 3. The highest BCUT2D eigenvalue weighted by Gasteiger charge is 2.06. The summed E-state index contributed by atoms with van der Waals surface area (Å²) in [5, 5.41) is 14.8. The third-order valence-corrected chi connectivity index (χ3v) is 4.05. The molecule has 2 N–H and O–H groups in total. The second kappa shape index (κ2) is 6.93. The molecule has 7 heteroatoms. The third-order valence-electron chi connectivity index (χ3n) is 3.07. The quantitative estimate of drug-likeness (QED) is 0.650. The summed E-state index contributed by atoms with van der Waals surface area (Å²) in [5.41, 5.74) is 2.80. The molecule has 0 aliphatic carbocycles. The highest BCUT2D eigenvalue weighted by atomic mass is 79.9. The van der Waals surface area contributed by atoms with Gasteiger partial charge in [0, 0.05) is 4.47 Å².